The molecule has 0 spiro atoms. The molecule has 0 aliphatic carbocycles. The summed E-state index contributed by atoms with van der Waals surface area (Å²) < 4.78 is 7.55. The van der Waals surface area contributed by atoms with Crippen LogP contribution in [0.2, 0.25) is 0 Å². The first-order valence-corrected chi connectivity index (χ1v) is 8.89. The molecule has 4 rings (SSSR count). The van der Waals surface area contributed by atoms with Gasteiger partial charge in [-0.2, -0.15) is 0 Å². The highest BCUT2D eigenvalue weighted by atomic mass is 32.2. The first kappa shape index (κ1) is 15.7. The van der Waals surface area contributed by atoms with Crippen molar-refractivity contribution < 1.29 is 9.53 Å². The van der Waals surface area contributed by atoms with E-state index in [1.165, 1.54) is 0 Å². The number of pyridine rings is 1. The Bertz CT molecular complexity index is 856. The van der Waals surface area contributed by atoms with Gasteiger partial charge in [0, 0.05) is 35.9 Å². The van der Waals surface area contributed by atoms with E-state index >= 15 is 0 Å². The van der Waals surface area contributed by atoms with Gasteiger partial charge in [0.25, 0.3) is 5.91 Å². The van der Waals surface area contributed by atoms with Gasteiger partial charge in [0.2, 0.25) is 0 Å². The lowest BCUT2D eigenvalue weighted by atomic mass is 10.1. The molecule has 6 nitrogen and oxygen atoms in total. The Morgan fingerprint density at radius 1 is 1.28 bits per heavy atom. The van der Waals surface area contributed by atoms with Crippen LogP contribution in [0.1, 0.15) is 0 Å². The summed E-state index contributed by atoms with van der Waals surface area (Å²) in [5, 5.41) is 3.89. The summed E-state index contributed by atoms with van der Waals surface area (Å²) in [7, 11) is 0. The number of nitrogens with zero attached hydrogens (tertiary/aromatic N) is 3. The number of thioether (sulfide) groups is 1. The number of nitrogens with one attached hydrogen (secondary N) is 1. The number of amides is 1. The standard InChI is InChI=1S/C18H16N4O2S/c23-17(12-24-15-2-1-7-19-10-15)20-14-5-3-13(4-6-14)16-11-22-8-9-25-18(22)21-16/h1-7,10-11H,8-9,12H2,(H,20,23). The van der Waals surface area contributed by atoms with Crippen LogP contribution in [0.25, 0.3) is 11.3 Å². The molecule has 1 amide bonds. The summed E-state index contributed by atoms with van der Waals surface area (Å²) in [5.74, 6) is 1.45. The van der Waals surface area contributed by atoms with Crippen molar-refractivity contribution in [3.05, 3.63) is 55.0 Å². The number of imidazole rings is 1. The highest BCUT2D eigenvalue weighted by Gasteiger charge is 2.15. The van der Waals surface area contributed by atoms with E-state index in [9.17, 15) is 4.79 Å². The molecule has 0 atom stereocenters. The molecule has 1 N–H and O–H groups in total. The van der Waals surface area contributed by atoms with Crippen molar-refractivity contribution in [1.29, 1.82) is 0 Å². The van der Waals surface area contributed by atoms with Crippen LogP contribution in [0, 0.1) is 0 Å². The number of rotatable bonds is 5. The van der Waals surface area contributed by atoms with Crippen LogP contribution in [0.15, 0.2) is 60.1 Å². The van der Waals surface area contributed by atoms with E-state index in [0.717, 1.165) is 34.4 Å². The van der Waals surface area contributed by atoms with Gasteiger partial charge in [-0.3, -0.25) is 9.78 Å². The van der Waals surface area contributed by atoms with E-state index in [1.54, 1.807) is 36.3 Å². The zero-order valence-electron chi connectivity index (χ0n) is 13.4. The average molecular weight is 352 g/mol. The second kappa shape index (κ2) is 6.98. The summed E-state index contributed by atoms with van der Waals surface area (Å²) in [6.45, 7) is 0.955. The highest BCUT2D eigenvalue weighted by molar-refractivity contribution is 7.99. The number of carbonyl (C=O) groups is 1. The van der Waals surface area contributed by atoms with Crippen LogP contribution in [0.5, 0.6) is 5.75 Å². The lowest BCUT2D eigenvalue weighted by Gasteiger charge is -2.07. The van der Waals surface area contributed by atoms with E-state index < -0.39 is 0 Å². The van der Waals surface area contributed by atoms with E-state index in [0.29, 0.717) is 5.75 Å². The molecule has 0 radical (unpaired) electrons. The Morgan fingerprint density at radius 3 is 2.92 bits per heavy atom. The minimum absolute atomic E-state index is 0.0571. The van der Waals surface area contributed by atoms with Gasteiger partial charge >= 0.3 is 0 Å². The van der Waals surface area contributed by atoms with Crippen LogP contribution < -0.4 is 10.1 Å². The van der Waals surface area contributed by atoms with Crippen molar-refractivity contribution in [2.45, 2.75) is 11.7 Å². The molecular formula is C18H16N4O2S. The minimum atomic E-state index is -0.214. The maximum atomic E-state index is 12.0. The summed E-state index contributed by atoms with van der Waals surface area (Å²) in [4.78, 5) is 20.5. The van der Waals surface area contributed by atoms with Gasteiger partial charge in [-0.1, -0.05) is 23.9 Å². The third-order valence-electron chi connectivity index (χ3n) is 3.77. The normalized spacial score (nSPS) is 12.6. The van der Waals surface area contributed by atoms with E-state index in [1.807, 2.05) is 24.3 Å². The summed E-state index contributed by atoms with van der Waals surface area (Å²) in [5.41, 5.74) is 2.72. The fraction of sp³-hybridized carbons (Fsp3) is 0.167. The molecular weight excluding hydrogens is 336 g/mol. The molecule has 0 bridgehead atoms. The zero-order chi connectivity index (χ0) is 17.1. The smallest absolute Gasteiger partial charge is 0.262 e. The number of ether oxygens (including phenoxy) is 1. The van der Waals surface area contributed by atoms with Crippen molar-refractivity contribution >= 4 is 23.4 Å². The number of aryl methyl sites for hydroxylation is 1. The van der Waals surface area contributed by atoms with Gasteiger partial charge in [0.05, 0.1) is 11.9 Å². The first-order valence-electron chi connectivity index (χ1n) is 7.91. The van der Waals surface area contributed by atoms with Gasteiger partial charge in [-0.25, -0.2) is 4.98 Å². The van der Waals surface area contributed by atoms with Crippen LogP contribution in [-0.2, 0) is 11.3 Å². The second-order valence-electron chi connectivity index (χ2n) is 5.55. The van der Waals surface area contributed by atoms with Gasteiger partial charge in [-0.05, 0) is 24.3 Å². The average Bonchev–Trinajstić information content (AvgIpc) is 3.24. The molecule has 3 aromatic rings. The van der Waals surface area contributed by atoms with Crippen LogP contribution in [0.3, 0.4) is 0 Å². The van der Waals surface area contributed by atoms with Gasteiger partial charge < -0.3 is 14.6 Å². The van der Waals surface area contributed by atoms with Gasteiger partial charge in [0.15, 0.2) is 11.8 Å². The summed E-state index contributed by atoms with van der Waals surface area (Å²) in [6, 6.07) is 11.2. The molecule has 126 valence electrons. The number of aromatic nitrogens is 3. The molecule has 2 aromatic heterocycles. The minimum Gasteiger partial charge on any atom is -0.482 e. The van der Waals surface area contributed by atoms with Crippen LogP contribution >= 0.6 is 11.8 Å². The molecule has 0 saturated heterocycles. The summed E-state index contributed by atoms with van der Waals surface area (Å²) >= 11 is 1.78. The summed E-state index contributed by atoms with van der Waals surface area (Å²) in [6.07, 6.45) is 5.30. The van der Waals surface area contributed by atoms with Crippen molar-refractivity contribution in [1.82, 2.24) is 14.5 Å². The Kier molecular flexibility index (Phi) is 4.39. The maximum absolute atomic E-state index is 12.0. The van der Waals surface area contributed by atoms with Crippen LogP contribution in [-0.4, -0.2) is 32.8 Å². The van der Waals surface area contributed by atoms with E-state index in [2.05, 4.69) is 26.0 Å². The predicted octanol–water partition coefficient (Wildman–Crippen LogP) is 3.07. The number of hydrogen-bond acceptors (Lipinski definition) is 5. The number of fused-ring (bicyclic) bond motifs is 1. The highest BCUT2D eigenvalue weighted by Crippen LogP contribution is 2.29. The fourth-order valence-corrected chi connectivity index (χ4v) is 3.49. The van der Waals surface area contributed by atoms with Gasteiger partial charge in [0.1, 0.15) is 5.75 Å². The van der Waals surface area contributed by atoms with Crippen molar-refractivity contribution in [2.24, 2.45) is 0 Å². The molecule has 3 heterocycles. The predicted molar refractivity (Wildman–Crippen MR) is 96.7 cm³/mol. The van der Waals surface area contributed by atoms with Crippen molar-refractivity contribution in [3.8, 4) is 17.0 Å². The number of anilines is 1. The third-order valence-corrected chi connectivity index (χ3v) is 4.74. The van der Waals surface area contributed by atoms with Crippen LogP contribution in [0.4, 0.5) is 5.69 Å². The second-order valence-corrected chi connectivity index (χ2v) is 6.62. The first-order chi connectivity index (χ1) is 12.3. The SMILES string of the molecule is O=C(COc1cccnc1)Nc1ccc(-c2cn3c(n2)SCC3)cc1. The van der Waals surface area contributed by atoms with Gasteiger partial charge in [-0.15, -0.1) is 0 Å². The number of hydrogen-bond donors (Lipinski definition) is 1. The number of carbonyl (C=O) groups excluding carboxylic acids is 1. The van der Waals surface area contributed by atoms with Crippen molar-refractivity contribution in [3.63, 3.8) is 0 Å². The molecule has 25 heavy (non-hydrogen) atoms. The lowest BCUT2D eigenvalue weighted by Crippen LogP contribution is -2.20. The largest absolute Gasteiger partial charge is 0.482 e. The molecule has 0 unspecified atom stereocenters. The molecule has 1 aliphatic rings. The Labute approximate surface area is 149 Å². The Balaban J connectivity index is 1.36. The molecule has 0 fully saturated rings. The maximum Gasteiger partial charge on any atom is 0.262 e. The van der Waals surface area contributed by atoms with E-state index in [4.69, 9.17) is 4.74 Å². The topological polar surface area (TPSA) is 69.0 Å². The van der Waals surface area contributed by atoms with Crippen molar-refractivity contribution in [2.75, 3.05) is 17.7 Å². The Hall–Kier alpha value is -2.80. The lowest BCUT2D eigenvalue weighted by molar-refractivity contribution is -0.118. The van der Waals surface area contributed by atoms with E-state index in [-0.39, 0.29) is 12.5 Å². The third kappa shape index (κ3) is 3.66. The monoisotopic (exact) mass is 352 g/mol. The molecule has 7 heteroatoms. The number of benzene rings is 1. The molecule has 1 aliphatic heterocycles. The molecule has 1 aromatic carbocycles. The zero-order valence-corrected chi connectivity index (χ0v) is 14.2. The fourth-order valence-electron chi connectivity index (χ4n) is 2.55. The Morgan fingerprint density at radius 2 is 2.16 bits per heavy atom. The molecule has 0 saturated carbocycles. The quantitative estimate of drug-likeness (QED) is 0.764.